The van der Waals surface area contributed by atoms with Crippen LogP contribution >= 0.6 is 15.9 Å². The monoisotopic (exact) mass is 335 g/mol. The Kier molecular flexibility index (Phi) is 3.73. The summed E-state index contributed by atoms with van der Waals surface area (Å²) >= 11 is 3.45. The number of aromatic nitrogens is 2. The second-order valence-corrected chi connectivity index (χ2v) is 5.31. The van der Waals surface area contributed by atoms with Crippen LogP contribution in [0.4, 0.5) is 5.82 Å². The van der Waals surface area contributed by atoms with Crippen LogP contribution in [0.5, 0.6) is 11.5 Å². The van der Waals surface area contributed by atoms with Gasteiger partial charge in [-0.2, -0.15) is 0 Å². The molecule has 1 aliphatic rings. The van der Waals surface area contributed by atoms with Crippen molar-refractivity contribution in [3.05, 3.63) is 40.8 Å². The van der Waals surface area contributed by atoms with Crippen molar-refractivity contribution in [1.29, 1.82) is 0 Å². The predicted molar refractivity (Wildman–Crippen MR) is 79.2 cm³/mol. The highest BCUT2D eigenvalue weighted by Crippen LogP contribution is 2.37. The number of rotatable bonds is 3. The van der Waals surface area contributed by atoms with E-state index in [1.54, 1.807) is 13.3 Å². The van der Waals surface area contributed by atoms with Gasteiger partial charge in [0, 0.05) is 24.2 Å². The average molecular weight is 336 g/mol. The zero-order chi connectivity index (χ0) is 13.9. The number of halogens is 1. The summed E-state index contributed by atoms with van der Waals surface area (Å²) in [6, 6.07) is 6.05. The molecule has 1 unspecified atom stereocenters. The molecule has 2 aromatic rings. The molecule has 0 spiro atoms. The summed E-state index contributed by atoms with van der Waals surface area (Å²) in [5, 5.41) is 3.42. The molecule has 6 heteroatoms. The molecule has 0 saturated carbocycles. The van der Waals surface area contributed by atoms with E-state index in [1.165, 1.54) is 6.33 Å². The third kappa shape index (κ3) is 2.56. The van der Waals surface area contributed by atoms with E-state index in [9.17, 15) is 0 Å². The van der Waals surface area contributed by atoms with Crippen molar-refractivity contribution >= 4 is 21.7 Å². The molecule has 1 N–H and O–H groups in total. The number of ether oxygens (including phenoxy) is 2. The average Bonchev–Trinajstić information content (AvgIpc) is 2.49. The summed E-state index contributed by atoms with van der Waals surface area (Å²) in [6.07, 6.45) is 4.14. The van der Waals surface area contributed by atoms with Crippen LogP contribution in [0.2, 0.25) is 0 Å². The molecule has 1 aromatic carbocycles. The zero-order valence-corrected chi connectivity index (χ0v) is 12.6. The first-order valence-electron chi connectivity index (χ1n) is 6.30. The van der Waals surface area contributed by atoms with Gasteiger partial charge in [0.05, 0.1) is 24.2 Å². The third-order valence-corrected chi connectivity index (χ3v) is 3.82. The number of hydrogen-bond donors (Lipinski definition) is 1. The largest absolute Gasteiger partial charge is 0.497 e. The van der Waals surface area contributed by atoms with E-state index in [2.05, 4.69) is 31.2 Å². The van der Waals surface area contributed by atoms with E-state index in [1.807, 2.05) is 18.2 Å². The van der Waals surface area contributed by atoms with E-state index in [0.717, 1.165) is 33.8 Å². The molecule has 20 heavy (non-hydrogen) atoms. The van der Waals surface area contributed by atoms with E-state index in [0.29, 0.717) is 6.61 Å². The van der Waals surface area contributed by atoms with Crippen molar-refractivity contribution in [2.24, 2.45) is 0 Å². The van der Waals surface area contributed by atoms with Crippen LogP contribution in [0.25, 0.3) is 0 Å². The molecular weight excluding hydrogens is 322 g/mol. The Morgan fingerprint density at radius 1 is 1.45 bits per heavy atom. The van der Waals surface area contributed by atoms with E-state index >= 15 is 0 Å². The van der Waals surface area contributed by atoms with E-state index in [4.69, 9.17) is 9.47 Å². The summed E-state index contributed by atoms with van der Waals surface area (Å²) in [7, 11) is 1.65. The van der Waals surface area contributed by atoms with E-state index < -0.39 is 0 Å². The molecule has 0 fully saturated rings. The quantitative estimate of drug-likeness (QED) is 0.933. The van der Waals surface area contributed by atoms with Crippen LogP contribution in [0, 0.1) is 0 Å². The molecule has 0 aliphatic carbocycles. The molecule has 2 heterocycles. The molecular formula is C14H14BrN3O2. The van der Waals surface area contributed by atoms with E-state index in [-0.39, 0.29) is 6.04 Å². The highest BCUT2D eigenvalue weighted by Gasteiger charge is 2.22. The first kappa shape index (κ1) is 13.2. The normalized spacial score (nSPS) is 17.0. The van der Waals surface area contributed by atoms with Crippen molar-refractivity contribution in [1.82, 2.24) is 9.97 Å². The Morgan fingerprint density at radius 3 is 3.15 bits per heavy atom. The van der Waals surface area contributed by atoms with Crippen LogP contribution in [0.3, 0.4) is 0 Å². The fourth-order valence-corrected chi connectivity index (χ4v) is 2.57. The number of hydrogen-bond acceptors (Lipinski definition) is 5. The van der Waals surface area contributed by atoms with Gasteiger partial charge >= 0.3 is 0 Å². The van der Waals surface area contributed by atoms with Gasteiger partial charge in [-0.15, -0.1) is 0 Å². The lowest BCUT2D eigenvalue weighted by Gasteiger charge is -2.27. The minimum atomic E-state index is 0.163. The second-order valence-electron chi connectivity index (χ2n) is 4.46. The Balaban J connectivity index is 1.88. The Bertz CT molecular complexity index is 621. The SMILES string of the molecule is COc1ccc2c(c1)OCCC2Nc1ncncc1Br. The molecule has 1 aromatic heterocycles. The van der Waals surface area contributed by atoms with Gasteiger partial charge in [-0.05, 0) is 28.1 Å². The van der Waals surface area contributed by atoms with Gasteiger partial charge in [-0.1, -0.05) is 0 Å². The number of anilines is 1. The number of nitrogens with zero attached hydrogens (tertiary/aromatic N) is 2. The minimum Gasteiger partial charge on any atom is -0.497 e. The topological polar surface area (TPSA) is 56.3 Å². The van der Waals surface area contributed by atoms with Crippen LogP contribution in [0.15, 0.2) is 35.2 Å². The maximum absolute atomic E-state index is 5.70. The van der Waals surface area contributed by atoms with Crippen molar-refractivity contribution in [2.75, 3.05) is 19.0 Å². The smallest absolute Gasteiger partial charge is 0.144 e. The molecule has 104 valence electrons. The Hall–Kier alpha value is -1.82. The molecule has 0 saturated heterocycles. The predicted octanol–water partition coefficient (Wildman–Crippen LogP) is 3.18. The number of methoxy groups -OCH3 is 1. The Labute approximate surface area is 125 Å². The van der Waals surface area contributed by atoms with Crippen LogP contribution in [-0.4, -0.2) is 23.7 Å². The lowest BCUT2D eigenvalue weighted by atomic mass is 10.0. The highest BCUT2D eigenvalue weighted by molar-refractivity contribution is 9.10. The van der Waals surface area contributed by atoms with Gasteiger partial charge < -0.3 is 14.8 Å². The van der Waals surface area contributed by atoms with Gasteiger partial charge in [0.1, 0.15) is 23.6 Å². The number of nitrogens with one attached hydrogen (secondary N) is 1. The summed E-state index contributed by atoms with van der Waals surface area (Å²) in [6.45, 7) is 0.667. The third-order valence-electron chi connectivity index (χ3n) is 3.24. The van der Waals surface area contributed by atoms with Crippen molar-refractivity contribution in [2.45, 2.75) is 12.5 Å². The molecule has 0 radical (unpaired) electrons. The van der Waals surface area contributed by atoms with Crippen molar-refractivity contribution < 1.29 is 9.47 Å². The van der Waals surface area contributed by atoms with Crippen molar-refractivity contribution in [3.8, 4) is 11.5 Å². The summed E-state index contributed by atoms with van der Waals surface area (Å²) in [4.78, 5) is 8.21. The van der Waals surface area contributed by atoms with Gasteiger partial charge in [0.25, 0.3) is 0 Å². The number of fused-ring (bicyclic) bond motifs is 1. The zero-order valence-electron chi connectivity index (χ0n) is 11.0. The van der Waals surface area contributed by atoms with Crippen LogP contribution in [-0.2, 0) is 0 Å². The second kappa shape index (κ2) is 5.66. The fourth-order valence-electron chi connectivity index (χ4n) is 2.23. The molecule has 0 amide bonds. The lowest BCUT2D eigenvalue weighted by Crippen LogP contribution is -2.21. The maximum Gasteiger partial charge on any atom is 0.144 e. The van der Waals surface area contributed by atoms with Crippen LogP contribution in [0.1, 0.15) is 18.0 Å². The molecule has 5 nitrogen and oxygen atoms in total. The highest BCUT2D eigenvalue weighted by atomic mass is 79.9. The molecule has 1 aliphatic heterocycles. The van der Waals surface area contributed by atoms with Gasteiger partial charge in [-0.3, -0.25) is 0 Å². The maximum atomic E-state index is 5.70. The molecule has 3 rings (SSSR count). The first-order chi connectivity index (χ1) is 9.78. The van der Waals surface area contributed by atoms with Gasteiger partial charge in [-0.25, -0.2) is 9.97 Å². The first-order valence-corrected chi connectivity index (χ1v) is 7.10. The summed E-state index contributed by atoms with van der Waals surface area (Å²) in [5.41, 5.74) is 1.11. The number of benzene rings is 1. The summed E-state index contributed by atoms with van der Waals surface area (Å²) < 4.78 is 11.8. The fraction of sp³-hybridized carbons (Fsp3) is 0.286. The molecule has 0 bridgehead atoms. The standard InChI is InChI=1S/C14H14BrN3O2/c1-19-9-2-3-10-12(4-5-20-13(10)6-9)18-14-11(15)7-16-8-17-14/h2-3,6-8,12H,4-5H2,1H3,(H,16,17,18). The minimum absolute atomic E-state index is 0.163. The van der Waals surface area contributed by atoms with Gasteiger partial charge in [0.2, 0.25) is 0 Å². The van der Waals surface area contributed by atoms with Crippen LogP contribution < -0.4 is 14.8 Å². The summed E-state index contributed by atoms with van der Waals surface area (Å²) in [5.74, 6) is 2.44. The Morgan fingerprint density at radius 2 is 2.35 bits per heavy atom. The lowest BCUT2D eigenvalue weighted by molar-refractivity contribution is 0.272. The van der Waals surface area contributed by atoms with Gasteiger partial charge in [0.15, 0.2) is 0 Å². The van der Waals surface area contributed by atoms with Crippen molar-refractivity contribution in [3.63, 3.8) is 0 Å². The molecule has 1 atom stereocenters.